The zero-order chi connectivity index (χ0) is 28.9. The van der Waals surface area contributed by atoms with Crippen LogP contribution in [0.4, 0.5) is 11.4 Å². The molecule has 1 aliphatic rings. The summed E-state index contributed by atoms with van der Waals surface area (Å²) in [6.45, 7) is 7.19. The summed E-state index contributed by atoms with van der Waals surface area (Å²) >= 11 is 13.7. The molecule has 2 N–H and O–H groups in total. The van der Waals surface area contributed by atoms with Gasteiger partial charge in [0.25, 0.3) is 5.91 Å². The lowest BCUT2D eigenvalue weighted by molar-refractivity contribution is -0.137. The molecule has 1 amide bonds. The van der Waals surface area contributed by atoms with Gasteiger partial charge in [-0.3, -0.25) is 14.5 Å². The number of anilines is 2. The molecule has 0 bridgehead atoms. The van der Waals surface area contributed by atoms with Gasteiger partial charge in [-0.1, -0.05) is 59.6 Å². The third-order valence-electron chi connectivity index (χ3n) is 6.78. The van der Waals surface area contributed by atoms with Gasteiger partial charge in [0.1, 0.15) is 5.92 Å². The summed E-state index contributed by atoms with van der Waals surface area (Å²) in [5.41, 5.74) is 2.63. The highest BCUT2D eigenvalue weighted by molar-refractivity contribution is 7.99. The van der Waals surface area contributed by atoms with Crippen molar-refractivity contribution < 1.29 is 14.7 Å². The number of carboxylic acid groups (broad SMARTS) is 1. The number of benzene rings is 3. The number of nitrogens with one attached hydrogen (secondary N) is 1. The van der Waals surface area contributed by atoms with Crippen LogP contribution in [0, 0.1) is 4.91 Å². The van der Waals surface area contributed by atoms with Gasteiger partial charge in [-0.05, 0) is 55.3 Å². The van der Waals surface area contributed by atoms with Crippen molar-refractivity contribution in [3.63, 3.8) is 0 Å². The first-order chi connectivity index (χ1) is 19.1. The van der Waals surface area contributed by atoms with Crippen molar-refractivity contribution in [2.45, 2.75) is 24.5 Å². The van der Waals surface area contributed by atoms with Crippen LogP contribution in [-0.4, -0.2) is 64.3 Å². The number of rotatable bonds is 10. The normalized spacial score (nSPS) is 14.9. The minimum atomic E-state index is -1.03. The maximum Gasteiger partial charge on any atom is 0.315 e. The van der Waals surface area contributed by atoms with E-state index >= 15 is 0 Å². The van der Waals surface area contributed by atoms with Crippen LogP contribution in [0.25, 0.3) is 0 Å². The molecule has 1 unspecified atom stereocenters. The Kier molecular flexibility index (Phi) is 9.73. The molecule has 0 spiro atoms. The molecule has 1 saturated heterocycles. The number of carboxylic acids is 1. The van der Waals surface area contributed by atoms with Crippen molar-refractivity contribution in [2.24, 2.45) is 4.58 Å². The molecule has 4 rings (SSSR count). The first-order valence-corrected chi connectivity index (χ1v) is 14.3. The van der Waals surface area contributed by atoms with Crippen molar-refractivity contribution in [3.8, 4) is 0 Å². The van der Waals surface area contributed by atoms with Crippen LogP contribution in [0.2, 0.25) is 10.0 Å². The predicted molar refractivity (Wildman–Crippen MR) is 162 cm³/mol. The average molecular weight is 602 g/mol. The maximum atomic E-state index is 13.2. The van der Waals surface area contributed by atoms with Gasteiger partial charge in [0, 0.05) is 65.3 Å². The summed E-state index contributed by atoms with van der Waals surface area (Å²) in [6, 6.07) is 19.0. The Labute approximate surface area is 247 Å². The second-order valence-electron chi connectivity index (χ2n) is 10.2. The van der Waals surface area contributed by atoms with E-state index < -0.39 is 11.9 Å². The van der Waals surface area contributed by atoms with Gasteiger partial charge in [-0.25, -0.2) is 0 Å². The minimum absolute atomic E-state index is 0.100. The Bertz CT molecular complexity index is 1360. The first kappa shape index (κ1) is 29.9. The summed E-state index contributed by atoms with van der Waals surface area (Å²) in [4.78, 5) is 40.4. The fraction of sp³-hybridized carbons (Fsp3) is 0.310. The highest BCUT2D eigenvalue weighted by Gasteiger charge is 2.29. The van der Waals surface area contributed by atoms with E-state index in [1.165, 1.54) is 0 Å². The molecule has 3 aromatic carbocycles. The van der Waals surface area contributed by atoms with Gasteiger partial charge in [0.2, 0.25) is 0 Å². The first-order valence-electron chi connectivity index (χ1n) is 12.7. The molecule has 8 nitrogen and oxygen atoms in total. The number of carbonyl (C=O) groups excluding carboxylic acids is 1. The summed E-state index contributed by atoms with van der Waals surface area (Å²) in [6.07, 6.45) is 0. The van der Waals surface area contributed by atoms with Crippen LogP contribution in [0.5, 0.6) is 0 Å². The Morgan fingerprint density at radius 1 is 0.975 bits per heavy atom. The smallest absolute Gasteiger partial charge is 0.315 e. The van der Waals surface area contributed by atoms with E-state index in [0.717, 1.165) is 11.9 Å². The largest absolute Gasteiger partial charge is 0.481 e. The molecule has 11 heteroatoms. The fourth-order valence-corrected chi connectivity index (χ4v) is 5.78. The van der Waals surface area contributed by atoms with Crippen molar-refractivity contribution in [3.05, 3.63) is 98.4 Å². The van der Waals surface area contributed by atoms with Gasteiger partial charge in [-0.2, -0.15) is 0 Å². The maximum absolute atomic E-state index is 13.2. The summed E-state index contributed by atoms with van der Waals surface area (Å²) in [7, 11) is 0. The standard InChI is InChI=1S/C29H30Cl2N4O4S/c1-29(2,40-33-39)18-34-14-16-35(17-15-34)27(36)20-12-10-19(11-13-20)25(28(37)38)21-6-3-4-9-24(21)32-26-22(30)7-5-8-23(26)31/h3-13,25,32H,14-18H2,1-2H3,(H,37,38). The molecule has 210 valence electrons. The summed E-state index contributed by atoms with van der Waals surface area (Å²) < 4.78 is 2.67. The van der Waals surface area contributed by atoms with Gasteiger partial charge in [-0.15, -0.1) is 4.91 Å². The van der Waals surface area contributed by atoms with Crippen LogP contribution >= 0.6 is 35.1 Å². The molecule has 0 saturated carbocycles. The van der Waals surface area contributed by atoms with Gasteiger partial charge in [0.05, 0.1) is 15.7 Å². The number of nitrogens with zero attached hydrogens (tertiary/aromatic N) is 3. The quantitative estimate of drug-likeness (QED) is 0.192. The minimum Gasteiger partial charge on any atom is -0.481 e. The number of nitroso groups, excluding NO2 is 1. The van der Waals surface area contributed by atoms with Crippen LogP contribution in [-0.2, 0) is 4.79 Å². The van der Waals surface area contributed by atoms with Crippen molar-refractivity contribution in [1.82, 2.24) is 9.80 Å². The van der Waals surface area contributed by atoms with Gasteiger partial charge in [0.15, 0.2) is 0 Å². The number of hydrogen-bond acceptors (Lipinski definition) is 7. The number of amides is 1. The van der Waals surface area contributed by atoms with Crippen LogP contribution in [0.15, 0.2) is 71.3 Å². The molecule has 1 aliphatic heterocycles. The number of para-hydroxylation sites is 2. The van der Waals surface area contributed by atoms with E-state index in [-0.39, 0.29) is 10.7 Å². The highest BCUT2D eigenvalue weighted by atomic mass is 35.5. The van der Waals surface area contributed by atoms with Gasteiger partial charge >= 0.3 is 5.97 Å². The third-order valence-corrected chi connectivity index (χ3v) is 8.11. The van der Waals surface area contributed by atoms with Gasteiger partial charge < -0.3 is 15.3 Å². The number of piperazine rings is 1. The zero-order valence-electron chi connectivity index (χ0n) is 22.1. The van der Waals surface area contributed by atoms with E-state index in [0.29, 0.717) is 70.8 Å². The number of aliphatic carboxylic acids is 1. The molecule has 0 aromatic heterocycles. The summed E-state index contributed by atoms with van der Waals surface area (Å²) in [5, 5.41) is 14.2. The molecule has 1 heterocycles. The third kappa shape index (κ3) is 7.14. The van der Waals surface area contributed by atoms with Crippen molar-refractivity contribution >= 4 is 58.4 Å². The average Bonchev–Trinajstić information content (AvgIpc) is 2.92. The Morgan fingerprint density at radius 3 is 2.20 bits per heavy atom. The fourth-order valence-electron chi connectivity index (χ4n) is 4.85. The number of halogens is 2. The van der Waals surface area contributed by atoms with E-state index in [1.807, 2.05) is 13.8 Å². The molecule has 1 atom stereocenters. The topological polar surface area (TPSA) is 102 Å². The lowest BCUT2D eigenvalue weighted by atomic mass is 9.89. The Balaban J connectivity index is 1.49. The predicted octanol–water partition coefficient (Wildman–Crippen LogP) is 6.90. The Hall–Kier alpha value is -3.11. The van der Waals surface area contributed by atoms with Crippen molar-refractivity contribution in [2.75, 3.05) is 38.0 Å². The molecular weight excluding hydrogens is 571 g/mol. The van der Waals surface area contributed by atoms with E-state index in [1.54, 1.807) is 71.6 Å². The summed E-state index contributed by atoms with van der Waals surface area (Å²) in [5.74, 6) is -2.11. The van der Waals surface area contributed by atoms with E-state index in [9.17, 15) is 19.6 Å². The SMILES string of the molecule is CC(C)(CN1CCN(C(=O)c2ccc(C(C(=O)O)c3ccccc3Nc3c(Cl)cccc3Cl)cc2)CC1)SN=O. The molecule has 0 aliphatic carbocycles. The molecule has 40 heavy (non-hydrogen) atoms. The second kappa shape index (κ2) is 13.0. The number of hydrogen-bond donors (Lipinski definition) is 2. The van der Waals surface area contributed by atoms with E-state index in [4.69, 9.17) is 23.2 Å². The van der Waals surface area contributed by atoms with Crippen LogP contribution in [0.3, 0.4) is 0 Å². The second-order valence-corrected chi connectivity index (χ2v) is 12.4. The number of carbonyl (C=O) groups is 2. The molecular formula is C29H30Cl2N4O4S. The Morgan fingerprint density at radius 2 is 1.60 bits per heavy atom. The van der Waals surface area contributed by atoms with Crippen LogP contribution < -0.4 is 5.32 Å². The lowest BCUT2D eigenvalue weighted by Crippen LogP contribution is -2.51. The molecule has 1 fully saturated rings. The lowest BCUT2D eigenvalue weighted by Gasteiger charge is -2.37. The molecule has 3 aromatic rings. The van der Waals surface area contributed by atoms with E-state index in [2.05, 4.69) is 14.8 Å². The van der Waals surface area contributed by atoms with Crippen molar-refractivity contribution in [1.29, 1.82) is 0 Å². The van der Waals surface area contributed by atoms with Crippen LogP contribution in [0.1, 0.15) is 41.3 Å². The monoisotopic (exact) mass is 600 g/mol. The highest BCUT2D eigenvalue weighted by Crippen LogP contribution is 2.37. The molecule has 0 radical (unpaired) electrons. The zero-order valence-corrected chi connectivity index (χ0v) is 24.5.